The lowest BCUT2D eigenvalue weighted by Crippen LogP contribution is -2.53. The lowest BCUT2D eigenvalue weighted by Gasteiger charge is -2.42. The minimum Gasteiger partial charge on any atom is -0.444 e. The van der Waals surface area contributed by atoms with Crippen LogP contribution in [0.5, 0.6) is 0 Å². The molecule has 0 aromatic rings. The first-order chi connectivity index (χ1) is 8.89. The Morgan fingerprint density at radius 3 is 1.95 bits per heavy atom. The Morgan fingerprint density at radius 2 is 1.60 bits per heavy atom. The molecule has 7 heteroatoms. The Hall–Kier alpha value is -0.820. The molecule has 3 atom stereocenters. The summed E-state index contributed by atoms with van der Waals surface area (Å²) in [5.74, 6) is 0. The van der Waals surface area contributed by atoms with Crippen LogP contribution in [-0.2, 0) is 19.0 Å². The highest BCUT2D eigenvalue weighted by Gasteiger charge is 2.37. The van der Waals surface area contributed by atoms with E-state index in [-0.39, 0.29) is 24.3 Å². The van der Waals surface area contributed by atoms with Crippen LogP contribution >= 0.6 is 0 Å². The molecule has 1 unspecified atom stereocenters. The van der Waals surface area contributed by atoms with Gasteiger partial charge in [-0.15, -0.1) is 0 Å². The van der Waals surface area contributed by atoms with Crippen molar-refractivity contribution in [3.8, 4) is 0 Å². The monoisotopic (exact) mass is 307 g/mol. The lowest BCUT2D eigenvalue weighted by atomic mass is 9.95. The van der Waals surface area contributed by atoms with Crippen LogP contribution in [0.25, 0.3) is 0 Å². The molecule has 0 aromatic carbocycles. The number of carbonyl (C=O) groups is 1. The summed E-state index contributed by atoms with van der Waals surface area (Å²) < 4.78 is 32.8. The van der Waals surface area contributed by atoms with Crippen LogP contribution < -0.4 is 0 Å². The first-order valence-electron chi connectivity index (χ1n) is 6.78. The summed E-state index contributed by atoms with van der Waals surface area (Å²) in [6.07, 6.45) is 1.26. The maximum atomic E-state index is 12.2. The largest absolute Gasteiger partial charge is 0.444 e. The summed E-state index contributed by atoms with van der Waals surface area (Å²) in [4.78, 5) is 13.8. The number of amides is 1. The Bertz CT molecular complexity index is 442. The fourth-order valence-electron chi connectivity index (χ4n) is 2.52. The second kappa shape index (κ2) is 5.89. The zero-order valence-electron chi connectivity index (χ0n) is 13.0. The summed E-state index contributed by atoms with van der Waals surface area (Å²) in [6.45, 7) is 9.20. The van der Waals surface area contributed by atoms with E-state index in [0.29, 0.717) is 12.8 Å². The van der Waals surface area contributed by atoms with Gasteiger partial charge in [-0.05, 0) is 47.5 Å². The second-order valence-corrected chi connectivity index (χ2v) is 8.08. The molecule has 0 spiro atoms. The van der Waals surface area contributed by atoms with E-state index in [9.17, 15) is 13.2 Å². The minimum absolute atomic E-state index is 0.125. The van der Waals surface area contributed by atoms with Crippen LogP contribution in [0.1, 0.15) is 47.5 Å². The van der Waals surface area contributed by atoms with Crippen LogP contribution in [0, 0.1) is 0 Å². The van der Waals surface area contributed by atoms with Crippen molar-refractivity contribution in [2.75, 3.05) is 6.26 Å². The van der Waals surface area contributed by atoms with Gasteiger partial charge in [0.15, 0.2) is 0 Å². The number of rotatable bonds is 2. The van der Waals surface area contributed by atoms with Gasteiger partial charge in [0.2, 0.25) is 0 Å². The van der Waals surface area contributed by atoms with Crippen LogP contribution in [0.3, 0.4) is 0 Å². The van der Waals surface area contributed by atoms with Gasteiger partial charge in [-0.2, -0.15) is 8.42 Å². The molecule has 20 heavy (non-hydrogen) atoms. The normalized spacial score (nSPS) is 28.3. The fraction of sp³-hybridized carbons (Fsp3) is 0.923. The van der Waals surface area contributed by atoms with Gasteiger partial charge in [-0.25, -0.2) is 4.79 Å². The topological polar surface area (TPSA) is 72.9 Å². The molecular weight excluding hydrogens is 282 g/mol. The van der Waals surface area contributed by atoms with Crippen molar-refractivity contribution in [1.29, 1.82) is 0 Å². The van der Waals surface area contributed by atoms with E-state index < -0.39 is 15.7 Å². The fourth-order valence-corrected chi connectivity index (χ4v) is 3.17. The summed E-state index contributed by atoms with van der Waals surface area (Å²) >= 11 is 0. The van der Waals surface area contributed by atoms with E-state index in [1.165, 1.54) is 0 Å². The molecule has 0 N–H and O–H groups in total. The molecule has 0 bridgehead atoms. The molecule has 118 valence electrons. The van der Waals surface area contributed by atoms with E-state index in [0.717, 1.165) is 6.26 Å². The summed E-state index contributed by atoms with van der Waals surface area (Å²) in [5, 5.41) is 0. The van der Waals surface area contributed by atoms with Crippen molar-refractivity contribution in [3.05, 3.63) is 0 Å². The van der Waals surface area contributed by atoms with Gasteiger partial charge in [-0.1, -0.05) is 0 Å². The third-order valence-electron chi connectivity index (χ3n) is 3.07. The Balaban J connectivity index is 2.72. The molecule has 0 radical (unpaired) electrons. The van der Waals surface area contributed by atoms with Gasteiger partial charge in [0.1, 0.15) is 5.60 Å². The number of carbonyl (C=O) groups excluding carboxylic acids is 1. The van der Waals surface area contributed by atoms with Gasteiger partial charge in [0, 0.05) is 12.1 Å². The molecule has 0 aromatic heterocycles. The van der Waals surface area contributed by atoms with Crippen molar-refractivity contribution in [1.82, 2.24) is 4.90 Å². The maximum Gasteiger partial charge on any atom is 0.410 e. The zero-order chi connectivity index (χ0) is 15.7. The van der Waals surface area contributed by atoms with Crippen molar-refractivity contribution in [3.63, 3.8) is 0 Å². The highest BCUT2D eigenvalue weighted by molar-refractivity contribution is 7.86. The summed E-state index contributed by atoms with van der Waals surface area (Å²) in [6, 6.07) is -0.249. The smallest absolute Gasteiger partial charge is 0.410 e. The molecule has 1 aliphatic rings. The number of hydrogen-bond acceptors (Lipinski definition) is 5. The van der Waals surface area contributed by atoms with Crippen molar-refractivity contribution in [2.24, 2.45) is 0 Å². The first-order valence-corrected chi connectivity index (χ1v) is 8.60. The number of ether oxygens (including phenoxy) is 1. The Kier molecular flexibility index (Phi) is 5.08. The van der Waals surface area contributed by atoms with Crippen molar-refractivity contribution in [2.45, 2.75) is 71.2 Å². The molecule has 6 nitrogen and oxygen atoms in total. The summed E-state index contributed by atoms with van der Waals surface area (Å²) in [7, 11) is -3.47. The molecule has 1 aliphatic heterocycles. The Labute approximate surface area is 121 Å². The molecule has 0 aliphatic carbocycles. The molecular formula is C13H25NO5S. The highest BCUT2D eigenvalue weighted by Crippen LogP contribution is 2.27. The predicted molar refractivity (Wildman–Crippen MR) is 75.9 cm³/mol. The minimum atomic E-state index is -3.47. The van der Waals surface area contributed by atoms with Gasteiger partial charge in [0.05, 0.1) is 12.4 Å². The van der Waals surface area contributed by atoms with E-state index >= 15 is 0 Å². The molecule has 1 heterocycles. The van der Waals surface area contributed by atoms with Gasteiger partial charge in [0.25, 0.3) is 10.1 Å². The molecule has 1 amide bonds. The molecule has 1 rings (SSSR count). The zero-order valence-corrected chi connectivity index (χ0v) is 13.9. The lowest BCUT2D eigenvalue weighted by molar-refractivity contribution is -0.0167. The van der Waals surface area contributed by atoms with E-state index in [4.69, 9.17) is 8.92 Å². The predicted octanol–water partition coefficient (Wildman–Crippen LogP) is 2.14. The SMILES string of the molecule is C[C@@H]1CC(OS(C)(=O)=O)C[C@H](C)N1C(=O)OC(C)(C)C. The number of piperidine rings is 1. The second-order valence-electron chi connectivity index (χ2n) is 6.48. The first kappa shape index (κ1) is 17.2. The number of nitrogens with zero attached hydrogens (tertiary/aromatic N) is 1. The number of likely N-dealkylation sites (tertiary alicyclic amines) is 1. The van der Waals surface area contributed by atoms with Gasteiger partial charge in [-0.3, -0.25) is 4.18 Å². The van der Waals surface area contributed by atoms with Crippen LogP contribution in [0.15, 0.2) is 0 Å². The molecule has 1 saturated heterocycles. The average molecular weight is 307 g/mol. The third kappa shape index (κ3) is 5.28. The summed E-state index contributed by atoms with van der Waals surface area (Å²) in [5.41, 5.74) is -0.545. The van der Waals surface area contributed by atoms with Crippen LogP contribution in [-0.4, -0.2) is 49.5 Å². The Morgan fingerprint density at radius 1 is 1.15 bits per heavy atom. The van der Waals surface area contributed by atoms with Crippen molar-refractivity contribution >= 4 is 16.2 Å². The quantitative estimate of drug-likeness (QED) is 0.731. The van der Waals surface area contributed by atoms with E-state index in [1.54, 1.807) is 4.90 Å². The highest BCUT2D eigenvalue weighted by atomic mass is 32.2. The van der Waals surface area contributed by atoms with Crippen LogP contribution in [0.4, 0.5) is 4.79 Å². The van der Waals surface area contributed by atoms with Crippen molar-refractivity contribution < 1.29 is 22.1 Å². The van der Waals surface area contributed by atoms with Gasteiger partial charge >= 0.3 is 6.09 Å². The molecule has 0 saturated carbocycles. The van der Waals surface area contributed by atoms with E-state index in [1.807, 2.05) is 34.6 Å². The maximum absolute atomic E-state index is 12.2. The van der Waals surface area contributed by atoms with Crippen LogP contribution in [0.2, 0.25) is 0 Å². The standard InChI is InChI=1S/C13H25NO5S/c1-9-7-11(19-20(6,16)17)8-10(2)14(9)12(15)18-13(3,4)5/h9-11H,7-8H2,1-6H3/t9-,10+,11?. The van der Waals surface area contributed by atoms with Gasteiger partial charge < -0.3 is 9.64 Å². The molecule has 1 fully saturated rings. The number of hydrogen-bond donors (Lipinski definition) is 0. The van der Waals surface area contributed by atoms with E-state index in [2.05, 4.69) is 0 Å². The third-order valence-corrected chi connectivity index (χ3v) is 3.69. The average Bonchev–Trinajstić information content (AvgIpc) is 2.08.